The molecule has 0 bridgehead atoms. The first-order chi connectivity index (χ1) is 4.74. The van der Waals surface area contributed by atoms with Crippen molar-refractivity contribution >= 4 is 0 Å². The molecular formula is C7H12N2O. The minimum absolute atomic E-state index is 0.403. The zero-order valence-electron chi connectivity index (χ0n) is 6.28. The molecule has 0 saturated heterocycles. The zero-order valence-corrected chi connectivity index (χ0v) is 6.28. The van der Waals surface area contributed by atoms with Gasteiger partial charge in [-0.25, -0.2) is 0 Å². The summed E-state index contributed by atoms with van der Waals surface area (Å²) in [5, 5.41) is 13.1. The maximum atomic E-state index is 9.08. The summed E-state index contributed by atoms with van der Waals surface area (Å²) >= 11 is 0. The highest BCUT2D eigenvalue weighted by Gasteiger charge is 2.01. The van der Waals surface area contributed by atoms with Crippen molar-refractivity contribution in [2.24, 2.45) is 0 Å². The van der Waals surface area contributed by atoms with E-state index in [-0.39, 0.29) is 0 Å². The maximum absolute atomic E-state index is 9.08. The van der Waals surface area contributed by atoms with Gasteiger partial charge in [0.1, 0.15) is 0 Å². The van der Waals surface area contributed by atoms with Crippen LogP contribution in [0.4, 0.5) is 0 Å². The summed E-state index contributed by atoms with van der Waals surface area (Å²) in [6, 6.07) is 0. The van der Waals surface area contributed by atoms with Crippen LogP contribution in [0.2, 0.25) is 0 Å². The molecule has 0 saturated carbocycles. The van der Waals surface area contributed by atoms with Gasteiger partial charge in [0.25, 0.3) is 0 Å². The van der Waals surface area contributed by atoms with E-state index in [0.29, 0.717) is 0 Å². The number of nitrogens with zero attached hydrogens (tertiary/aromatic N) is 2. The maximum Gasteiger partial charge on any atom is 0.0792 e. The molecule has 0 aromatic carbocycles. The largest absolute Gasteiger partial charge is 0.389 e. The van der Waals surface area contributed by atoms with Crippen LogP contribution in [-0.4, -0.2) is 14.9 Å². The number of rotatable bonds is 2. The van der Waals surface area contributed by atoms with Crippen molar-refractivity contribution in [3.8, 4) is 0 Å². The van der Waals surface area contributed by atoms with Crippen molar-refractivity contribution < 1.29 is 5.11 Å². The standard InChI is InChI=1S/C7H12N2O/c1-3-9-5-7(4-8-9)6(2)10/h4-6,10H,3H2,1-2H3/t6-/m1/s1. The van der Waals surface area contributed by atoms with Crippen molar-refractivity contribution in [1.29, 1.82) is 0 Å². The lowest BCUT2D eigenvalue weighted by Gasteiger charge is -1.96. The Hall–Kier alpha value is -0.830. The highest BCUT2D eigenvalue weighted by Crippen LogP contribution is 2.08. The van der Waals surface area contributed by atoms with E-state index in [2.05, 4.69) is 5.10 Å². The second kappa shape index (κ2) is 2.84. The molecule has 0 amide bonds. The molecule has 56 valence electrons. The quantitative estimate of drug-likeness (QED) is 0.664. The molecule has 3 nitrogen and oxygen atoms in total. The summed E-state index contributed by atoms with van der Waals surface area (Å²) < 4.78 is 1.79. The van der Waals surface area contributed by atoms with Gasteiger partial charge in [0.2, 0.25) is 0 Å². The van der Waals surface area contributed by atoms with E-state index >= 15 is 0 Å². The number of aryl methyl sites for hydroxylation is 1. The van der Waals surface area contributed by atoms with E-state index in [4.69, 9.17) is 5.11 Å². The fourth-order valence-corrected chi connectivity index (χ4v) is 0.768. The minimum Gasteiger partial charge on any atom is -0.389 e. The summed E-state index contributed by atoms with van der Waals surface area (Å²) in [7, 11) is 0. The normalized spacial score (nSPS) is 13.5. The van der Waals surface area contributed by atoms with Gasteiger partial charge in [-0.3, -0.25) is 4.68 Å². The monoisotopic (exact) mass is 140 g/mol. The summed E-state index contributed by atoms with van der Waals surface area (Å²) in [6.07, 6.45) is 3.14. The molecule has 1 rings (SSSR count). The molecule has 10 heavy (non-hydrogen) atoms. The third-order valence-corrected chi connectivity index (χ3v) is 1.46. The predicted octanol–water partition coefficient (Wildman–Crippen LogP) is 0.956. The number of aliphatic hydroxyl groups is 1. The van der Waals surface area contributed by atoms with Crippen LogP contribution in [0.1, 0.15) is 25.5 Å². The number of hydrogen-bond donors (Lipinski definition) is 1. The van der Waals surface area contributed by atoms with E-state index in [9.17, 15) is 0 Å². The Morgan fingerprint density at radius 3 is 2.80 bits per heavy atom. The van der Waals surface area contributed by atoms with Gasteiger partial charge in [0.15, 0.2) is 0 Å². The van der Waals surface area contributed by atoms with Gasteiger partial charge < -0.3 is 5.11 Å². The van der Waals surface area contributed by atoms with Crippen LogP contribution >= 0.6 is 0 Å². The lowest BCUT2D eigenvalue weighted by molar-refractivity contribution is 0.199. The van der Waals surface area contributed by atoms with Gasteiger partial charge >= 0.3 is 0 Å². The van der Waals surface area contributed by atoms with Crippen LogP contribution < -0.4 is 0 Å². The van der Waals surface area contributed by atoms with Crippen LogP contribution in [0, 0.1) is 0 Å². The Kier molecular flexibility index (Phi) is 2.06. The van der Waals surface area contributed by atoms with Gasteiger partial charge in [-0.15, -0.1) is 0 Å². The first kappa shape index (κ1) is 7.28. The second-order valence-corrected chi connectivity index (χ2v) is 2.31. The Labute approximate surface area is 60.3 Å². The third-order valence-electron chi connectivity index (χ3n) is 1.46. The van der Waals surface area contributed by atoms with E-state index < -0.39 is 6.10 Å². The van der Waals surface area contributed by atoms with Crippen molar-refractivity contribution in [1.82, 2.24) is 9.78 Å². The Morgan fingerprint density at radius 1 is 1.80 bits per heavy atom. The van der Waals surface area contributed by atoms with E-state index in [1.54, 1.807) is 17.8 Å². The summed E-state index contributed by atoms with van der Waals surface area (Å²) in [5.41, 5.74) is 0.877. The molecule has 1 N–H and O–H groups in total. The zero-order chi connectivity index (χ0) is 7.56. The smallest absolute Gasteiger partial charge is 0.0792 e. The molecule has 3 heteroatoms. The Morgan fingerprint density at radius 2 is 2.50 bits per heavy atom. The van der Waals surface area contributed by atoms with E-state index in [1.165, 1.54) is 0 Å². The van der Waals surface area contributed by atoms with E-state index in [1.807, 2.05) is 13.1 Å². The van der Waals surface area contributed by atoms with Crippen LogP contribution in [0.5, 0.6) is 0 Å². The average Bonchev–Trinajstić information content (AvgIpc) is 2.34. The molecule has 1 aromatic rings. The average molecular weight is 140 g/mol. The first-order valence-corrected chi connectivity index (χ1v) is 3.44. The van der Waals surface area contributed by atoms with Gasteiger partial charge in [0.05, 0.1) is 12.3 Å². The SMILES string of the molecule is CCn1cc([C@@H](C)O)cn1. The molecule has 0 unspecified atom stereocenters. The molecule has 1 aromatic heterocycles. The van der Waals surface area contributed by atoms with Gasteiger partial charge in [-0.1, -0.05) is 0 Å². The molecule has 0 aliphatic rings. The highest BCUT2D eigenvalue weighted by atomic mass is 16.3. The van der Waals surface area contributed by atoms with Crippen LogP contribution in [0.3, 0.4) is 0 Å². The molecule has 1 heterocycles. The molecule has 0 aliphatic carbocycles. The number of aromatic nitrogens is 2. The lowest BCUT2D eigenvalue weighted by Crippen LogP contribution is -1.93. The molecule has 0 radical (unpaired) electrons. The summed E-state index contributed by atoms with van der Waals surface area (Å²) in [5.74, 6) is 0. The fourth-order valence-electron chi connectivity index (χ4n) is 0.768. The van der Waals surface area contributed by atoms with Crippen LogP contribution in [0.15, 0.2) is 12.4 Å². The molecule has 0 spiro atoms. The Balaban J connectivity index is 2.78. The first-order valence-electron chi connectivity index (χ1n) is 3.44. The number of hydrogen-bond acceptors (Lipinski definition) is 2. The lowest BCUT2D eigenvalue weighted by atomic mass is 10.2. The van der Waals surface area contributed by atoms with Gasteiger partial charge in [0, 0.05) is 18.3 Å². The predicted molar refractivity (Wildman–Crippen MR) is 38.5 cm³/mol. The van der Waals surface area contributed by atoms with Gasteiger partial charge in [-0.2, -0.15) is 5.10 Å². The molecule has 1 atom stereocenters. The fraction of sp³-hybridized carbons (Fsp3) is 0.571. The van der Waals surface area contributed by atoms with Crippen molar-refractivity contribution in [3.63, 3.8) is 0 Å². The Bertz CT molecular complexity index is 205. The van der Waals surface area contributed by atoms with Gasteiger partial charge in [-0.05, 0) is 13.8 Å². The minimum atomic E-state index is -0.403. The third kappa shape index (κ3) is 1.36. The second-order valence-electron chi connectivity index (χ2n) is 2.31. The molecule has 0 aliphatic heterocycles. The van der Waals surface area contributed by atoms with Crippen molar-refractivity contribution in [3.05, 3.63) is 18.0 Å². The molecule has 0 fully saturated rings. The summed E-state index contributed by atoms with van der Waals surface area (Å²) in [4.78, 5) is 0. The topological polar surface area (TPSA) is 38.0 Å². The van der Waals surface area contributed by atoms with Crippen molar-refractivity contribution in [2.45, 2.75) is 26.5 Å². The number of aliphatic hydroxyl groups excluding tert-OH is 1. The van der Waals surface area contributed by atoms with Crippen molar-refractivity contribution in [2.75, 3.05) is 0 Å². The van der Waals surface area contributed by atoms with Crippen LogP contribution in [0.25, 0.3) is 0 Å². The van der Waals surface area contributed by atoms with Crippen LogP contribution in [-0.2, 0) is 6.54 Å². The highest BCUT2D eigenvalue weighted by molar-refractivity contribution is 5.06. The summed E-state index contributed by atoms with van der Waals surface area (Å²) in [6.45, 7) is 4.60. The van der Waals surface area contributed by atoms with E-state index in [0.717, 1.165) is 12.1 Å². The molecular weight excluding hydrogens is 128 g/mol.